The highest BCUT2D eigenvalue weighted by atomic mass is 19.3. The van der Waals surface area contributed by atoms with E-state index in [1.807, 2.05) is 0 Å². The van der Waals surface area contributed by atoms with Crippen molar-refractivity contribution in [3.8, 4) is 0 Å². The summed E-state index contributed by atoms with van der Waals surface area (Å²) in [5.74, 6) is 0.626. The molecular weight excluding hydrogens is 232 g/mol. The standard InChI is InChI=1S/C9H17F2N5O/c1-12-7(3-4-17-6-8(10)11)5-9-13-15-16(2)14-9/h7-8,12H,3-6H2,1-2H3. The third-order valence-corrected chi connectivity index (χ3v) is 2.24. The molecule has 0 aromatic carbocycles. The lowest BCUT2D eigenvalue weighted by Gasteiger charge is -2.13. The van der Waals surface area contributed by atoms with Gasteiger partial charge in [0, 0.05) is 19.1 Å². The van der Waals surface area contributed by atoms with Crippen molar-refractivity contribution >= 4 is 0 Å². The molecule has 17 heavy (non-hydrogen) atoms. The van der Waals surface area contributed by atoms with Crippen LogP contribution in [0.5, 0.6) is 0 Å². The number of rotatable bonds is 8. The molecule has 0 amide bonds. The van der Waals surface area contributed by atoms with Gasteiger partial charge in [-0.1, -0.05) is 0 Å². The average Bonchev–Trinajstić information content (AvgIpc) is 2.68. The molecule has 1 aromatic rings. The number of ether oxygens (including phenoxy) is 1. The first-order chi connectivity index (χ1) is 8.11. The maximum Gasteiger partial charge on any atom is 0.261 e. The summed E-state index contributed by atoms with van der Waals surface area (Å²) in [6.07, 6.45) is -1.19. The molecule has 0 aliphatic rings. The fourth-order valence-electron chi connectivity index (χ4n) is 1.37. The van der Waals surface area contributed by atoms with Crippen LogP contribution in [0.2, 0.25) is 0 Å². The van der Waals surface area contributed by atoms with E-state index in [-0.39, 0.29) is 12.6 Å². The summed E-state index contributed by atoms with van der Waals surface area (Å²) in [6, 6.07) is 0.0943. The van der Waals surface area contributed by atoms with Gasteiger partial charge in [0.05, 0.1) is 7.05 Å². The number of nitrogens with zero attached hydrogens (tertiary/aromatic N) is 4. The second-order valence-corrected chi connectivity index (χ2v) is 3.64. The molecule has 98 valence electrons. The Kier molecular flexibility index (Phi) is 5.92. The number of nitrogens with one attached hydrogen (secondary N) is 1. The van der Waals surface area contributed by atoms with E-state index < -0.39 is 13.0 Å². The predicted molar refractivity (Wildman–Crippen MR) is 56.8 cm³/mol. The molecule has 1 atom stereocenters. The van der Waals surface area contributed by atoms with Crippen molar-refractivity contribution in [1.82, 2.24) is 25.5 Å². The minimum absolute atomic E-state index is 0.0943. The lowest BCUT2D eigenvalue weighted by Crippen LogP contribution is -2.29. The Labute approximate surface area is 98.3 Å². The lowest BCUT2D eigenvalue weighted by atomic mass is 10.1. The Morgan fingerprint density at radius 3 is 2.76 bits per heavy atom. The molecule has 1 N–H and O–H groups in total. The van der Waals surface area contributed by atoms with Crippen molar-refractivity contribution in [1.29, 1.82) is 0 Å². The second kappa shape index (κ2) is 7.23. The van der Waals surface area contributed by atoms with Gasteiger partial charge in [0.1, 0.15) is 6.61 Å². The van der Waals surface area contributed by atoms with Gasteiger partial charge < -0.3 is 10.1 Å². The Hall–Kier alpha value is -1.15. The van der Waals surface area contributed by atoms with Gasteiger partial charge in [0.2, 0.25) is 0 Å². The van der Waals surface area contributed by atoms with Crippen molar-refractivity contribution in [3.05, 3.63) is 5.82 Å². The van der Waals surface area contributed by atoms with Gasteiger partial charge in [-0.2, -0.15) is 4.80 Å². The van der Waals surface area contributed by atoms with Crippen LogP contribution < -0.4 is 5.32 Å². The summed E-state index contributed by atoms with van der Waals surface area (Å²) in [6.45, 7) is -0.226. The monoisotopic (exact) mass is 249 g/mol. The van der Waals surface area contributed by atoms with Gasteiger partial charge in [-0.05, 0) is 18.7 Å². The molecule has 0 aliphatic heterocycles. The molecule has 0 fully saturated rings. The van der Waals surface area contributed by atoms with Gasteiger partial charge in [0.15, 0.2) is 5.82 Å². The topological polar surface area (TPSA) is 64.9 Å². The SMILES string of the molecule is CNC(CCOCC(F)F)Cc1nnn(C)n1. The van der Waals surface area contributed by atoms with E-state index in [4.69, 9.17) is 4.74 Å². The van der Waals surface area contributed by atoms with Gasteiger partial charge in [0.25, 0.3) is 6.43 Å². The zero-order chi connectivity index (χ0) is 12.7. The van der Waals surface area contributed by atoms with Crippen LogP contribution in [0, 0.1) is 0 Å². The Balaban J connectivity index is 2.24. The maximum atomic E-state index is 11.8. The molecule has 6 nitrogen and oxygen atoms in total. The van der Waals surface area contributed by atoms with Gasteiger partial charge in [-0.3, -0.25) is 0 Å². The van der Waals surface area contributed by atoms with Gasteiger partial charge in [-0.15, -0.1) is 10.2 Å². The lowest BCUT2D eigenvalue weighted by molar-refractivity contribution is 0.0145. The van der Waals surface area contributed by atoms with E-state index in [1.165, 1.54) is 4.80 Å². The molecule has 0 radical (unpaired) electrons. The van der Waals surface area contributed by atoms with E-state index in [9.17, 15) is 8.78 Å². The van der Waals surface area contributed by atoms with Crippen molar-refractivity contribution in [2.75, 3.05) is 20.3 Å². The molecule has 1 aromatic heterocycles. The molecule has 8 heteroatoms. The first-order valence-electron chi connectivity index (χ1n) is 5.38. The van der Waals surface area contributed by atoms with Crippen LogP contribution in [0.3, 0.4) is 0 Å². The Morgan fingerprint density at radius 2 is 2.24 bits per heavy atom. The normalized spacial score (nSPS) is 13.2. The van der Waals surface area contributed by atoms with E-state index in [0.29, 0.717) is 18.7 Å². The summed E-state index contributed by atoms with van der Waals surface area (Å²) in [4.78, 5) is 1.38. The van der Waals surface area contributed by atoms with Crippen LogP contribution in [0.15, 0.2) is 0 Å². The largest absolute Gasteiger partial charge is 0.375 e. The molecule has 0 spiro atoms. The summed E-state index contributed by atoms with van der Waals surface area (Å²) >= 11 is 0. The minimum Gasteiger partial charge on any atom is -0.375 e. The molecule has 1 rings (SSSR count). The molecule has 1 heterocycles. The second-order valence-electron chi connectivity index (χ2n) is 3.64. The van der Waals surface area contributed by atoms with Crippen LogP contribution in [-0.4, -0.2) is 52.9 Å². The van der Waals surface area contributed by atoms with Crippen molar-refractivity contribution in [3.63, 3.8) is 0 Å². The third kappa shape index (κ3) is 5.64. The molecule has 0 bridgehead atoms. The number of halogens is 2. The van der Waals surface area contributed by atoms with Crippen LogP contribution in [-0.2, 0) is 18.2 Å². The smallest absolute Gasteiger partial charge is 0.261 e. The third-order valence-electron chi connectivity index (χ3n) is 2.24. The van der Waals surface area contributed by atoms with E-state index in [2.05, 4.69) is 20.7 Å². The van der Waals surface area contributed by atoms with Crippen LogP contribution in [0.25, 0.3) is 0 Å². The van der Waals surface area contributed by atoms with E-state index in [1.54, 1.807) is 14.1 Å². The maximum absolute atomic E-state index is 11.8. The van der Waals surface area contributed by atoms with Crippen LogP contribution in [0.4, 0.5) is 8.78 Å². The van der Waals surface area contributed by atoms with E-state index >= 15 is 0 Å². The van der Waals surface area contributed by atoms with E-state index in [0.717, 1.165) is 0 Å². The zero-order valence-electron chi connectivity index (χ0n) is 9.94. The summed E-state index contributed by atoms with van der Waals surface area (Å²) in [5, 5.41) is 14.7. The number of aryl methyl sites for hydroxylation is 1. The predicted octanol–water partition coefficient (Wildman–Crippen LogP) is 0.0124. The molecule has 0 saturated heterocycles. The quantitative estimate of drug-likeness (QED) is 0.658. The fourth-order valence-corrected chi connectivity index (χ4v) is 1.37. The fraction of sp³-hybridized carbons (Fsp3) is 0.889. The molecule has 0 saturated carbocycles. The van der Waals surface area contributed by atoms with Crippen molar-refractivity contribution in [2.24, 2.45) is 7.05 Å². The first kappa shape index (κ1) is 13.9. The van der Waals surface area contributed by atoms with Gasteiger partial charge in [-0.25, -0.2) is 8.78 Å². The molecule has 1 unspecified atom stereocenters. The summed E-state index contributed by atoms with van der Waals surface area (Å²) in [7, 11) is 3.49. The summed E-state index contributed by atoms with van der Waals surface area (Å²) in [5.41, 5.74) is 0. The summed E-state index contributed by atoms with van der Waals surface area (Å²) < 4.78 is 28.5. The number of hydrogen-bond donors (Lipinski definition) is 1. The number of aromatic nitrogens is 4. The first-order valence-corrected chi connectivity index (χ1v) is 5.38. The number of hydrogen-bond acceptors (Lipinski definition) is 5. The highest BCUT2D eigenvalue weighted by Crippen LogP contribution is 2.01. The zero-order valence-corrected chi connectivity index (χ0v) is 9.94. The minimum atomic E-state index is -2.41. The van der Waals surface area contributed by atoms with Gasteiger partial charge >= 0.3 is 0 Å². The van der Waals surface area contributed by atoms with Crippen molar-refractivity contribution in [2.45, 2.75) is 25.3 Å². The Morgan fingerprint density at radius 1 is 1.47 bits per heavy atom. The number of likely N-dealkylation sites (N-methyl/N-ethyl adjacent to an activating group) is 1. The molecule has 0 aliphatic carbocycles. The number of tetrazole rings is 1. The van der Waals surface area contributed by atoms with Crippen molar-refractivity contribution < 1.29 is 13.5 Å². The Bertz CT molecular complexity index is 320. The number of alkyl halides is 2. The highest BCUT2D eigenvalue weighted by molar-refractivity contribution is 4.83. The van der Waals surface area contributed by atoms with Crippen LogP contribution in [0.1, 0.15) is 12.2 Å². The van der Waals surface area contributed by atoms with Crippen LogP contribution >= 0.6 is 0 Å². The average molecular weight is 249 g/mol. The highest BCUT2D eigenvalue weighted by Gasteiger charge is 2.11. The molecular formula is C9H17F2N5O.